The Kier molecular flexibility index (Phi) is 7.82. The minimum absolute atomic E-state index is 0. The van der Waals surface area contributed by atoms with E-state index >= 15 is 0 Å². The summed E-state index contributed by atoms with van der Waals surface area (Å²) in [4.78, 5) is 27.7. The van der Waals surface area contributed by atoms with E-state index in [1.165, 1.54) is 19.5 Å². The number of aromatic carboxylic acids is 1. The Morgan fingerprint density at radius 1 is 1.26 bits per heavy atom. The second-order valence-electron chi connectivity index (χ2n) is 7.25. The van der Waals surface area contributed by atoms with Gasteiger partial charge in [0, 0.05) is 31.5 Å². The van der Waals surface area contributed by atoms with Crippen LogP contribution in [0, 0.1) is 5.92 Å². The van der Waals surface area contributed by atoms with E-state index in [2.05, 4.69) is 30.9 Å². The number of aromatic nitrogens is 5. The standard InChI is InChI=1S/C20H19F2N7O4.Zn/c1-33-17-11(18-23-9-29(28-18)8-14(21)22)3-2-4-12(17)24-13-7-15(25-19(30)10-5-6-10)26-27-16(13)20(31)32;/h2-4,7,9-10,14H,5-6,8H2,1H3,(H,31,32)(H2,24,25,26,30);. The Labute approximate surface area is 204 Å². The number of halogens is 2. The Bertz CT molecular complexity index is 1200. The molecule has 0 atom stereocenters. The quantitative estimate of drug-likeness (QED) is 0.360. The molecule has 2 heterocycles. The second-order valence-corrected chi connectivity index (χ2v) is 7.25. The van der Waals surface area contributed by atoms with Gasteiger partial charge in [-0.05, 0) is 25.0 Å². The SMILES string of the molecule is COc1c(Nc2cc(NC(=O)C3CC3)nnc2C(=O)O)cccc1-c1ncn(CC(F)F)n1.[Zn]. The van der Waals surface area contributed by atoms with Gasteiger partial charge >= 0.3 is 5.97 Å². The van der Waals surface area contributed by atoms with Crippen LogP contribution in [0.15, 0.2) is 30.6 Å². The summed E-state index contributed by atoms with van der Waals surface area (Å²) >= 11 is 0. The number of nitrogens with zero attached hydrogens (tertiary/aromatic N) is 5. The summed E-state index contributed by atoms with van der Waals surface area (Å²) in [7, 11) is 1.39. The molecule has 11 nitrogen and oxygen atoms in total. The van der Waals surface area contributed by atoms with E-state index in [1.54, 1.807) is 18.2 Å². The fraction of sp³-hybridized carbons (Fsp3) is 0.300. The van der Waals surface area contributed by atoms with E-state index in [1.807, 2.05) is 0 Å². The van der Waals surface area contributed by atoms with Crippen LogP contribution in [0.1, 0.15) is 23.3 Å². The van der Waals surface area contributed by atoms with Gasteiger partial charge in [0.2, 0.25) is 5.91 Å². The van der Waals surface area contributed by atoms with Gasteiger partial charge in [-0.2, -0.15) is 5.10 Å². The molecule has 1 amide bonds. The van der Waals surface area contributed by atoms with E-state index in [0.29, 0.717) is 11.3 Å². The molecule has 0 saturated heterocycles. The van der Waals surface area contributed by atoms with Crippen LogP contribution in [-0.2, 0) is 30.8 Å². The third kappa shape index (κ3) is 5.68. The van der Waals surface area contributed by atoms with Gasteiger partial charge in [-0.3, -0.25) is 4.79 Å². The molecule has 0 bridgehead atoms. The van der Waals surface area contributed by atoms with Crippen molar-refractivity contribution in [1.29, 1.82) is 0 Å². The van der Waals surface area contributed by atoms with E-state index in [4.69, 9.17) is 4.74 Å². The van der Waals surface area contributed by atoms with Crippen molar-refractivity contribution < 1.29 is 47.7 Å². The van der Waals surface area contributed by atoms with Gasteiger partial charge in [-0.1, -0.05) is 6.07 Å². The predicted octanol–water partition coefficient (Wildman–Crippen LogP) is 2.80. The van der Waals surface area contributed by atoms with Crippen LogP contribution in [0.5, 0.6) is 5.75 Å². The molecule has 1 aliphatic carbocycles. The molecule has 174 valence electrons. The van der Waals surface area contributed by atoms with E-state index in [9.17, 15) is 23.5 Å². The third-order valence-electron chi connectivity index (χ3n) is 4.79. The van der Waals surface area contributed by atoms with Crippen molar-refractivity contribution in [3.63, 3.8) is 0 Å². The molecule has 14 heteroatoms. The summed E-state index contributed by atoms with van der Waals surface area (Å²) in [5.74, 6) is -1.10. The first kappa shape index (κ1) is 25.1. The number of rotatable bonds is 9. The maximum absolute atomic E-state index is 12.6. The summed E-state index contributed by atoms with van der Waals surface area (Å²) in [5.41, 5.74) is 0.438. The summed E-state index contributed by atoms with van der Waals surface area (Å²) in [6.45, 7) is -0.604. The summed E-state index contributed by atoms with van der Waals surface area (Å²) in [5, 5.41) is 26.6. The number of alkyl halides is 2. The van der Waals surface area contributed by atoms with Gasteiger partial charge in [-0.25, -0.2) is 23.2 Å². The number of amides is 1. The van der Waals surface area contributed by atoms with Crippen LogP contribution >= 0.6 is 0 Å². The number of ether oxygens (including phenoxy) is 1. The van der Waals surface area contributed by atoms with E-state index in [-0.39, 0.29) is 60.1 Å². The zero-order chi connectivity index (χ0) is 23.5. The van der Waals surface area contributed by atoms with Gasteiger partial charge in [0.25, 0.3) is 6.43 Å². The number of benzene rings is 1. The number of carbonyl (C=O) groups is 2. The molecule has 1 saturated carbocycles. The maximum Gasteiger partial charge on any atom is 0.358 e. The first-order valence-corrected chi connectivity index (χ1v) is 9.89. The number of methoxy groups -OCH3 is 1. The molecule has 3 N–H and O–H groups in total. The Morgan fingerprint density at radius 2 is 2.03 bits per heavy atom. The summed E-state index contributed by atoms with van der Waals surface area (Å²) in [6, 6.07) is 6.25. The molecule has 0 unspecified atom stereocenters. The van der Waals surface area contributed by atoms with Crippen LogP contribution in [0.4, 0.5) is 26.0 Å². The molecule has 4 rings (SSSR count). The van der Waals surface area contributed by atoms with Crippen molar-refractivity contribution in [3.05, 3.63) is 36.3 Å². The monoisotopic (exact) mass is 523 g/mol. The van der Waals surface area contributed by atoms with Crippen molar-refractivity contribution in [2.75, 3.05) is 17.7 Å². The molecule has 0 spiro atoms. The Hall–Kier alpha value is -3.54. The number of carboxylic acid groups (broad SMARTS) is 1. The molecule has 0 aliphatic heterocycles. The zero-order valence-corrected chi connectivity index (χ0v) is 21.0. The van der Waals surface area contributed by atoms with Gasteiger partial charge in [-0.15, -0.1) is 10.2 Å². The second kappa shape index (κ2) is 10.6. The van der Waals surface area contributed by atoms with Crippen molar-refractivity contribution in [3.8, 4) is 17.1 Å². The molecule has 2 aromatic heterocycles. The summed E-state index contributed by atoms with van der Waals surface area (Å²) < 4.78 is 31.8. The van der Waals surface area contributed by atoms with Gasteiger partial charge in [0.15, 0.2) is 23.1 Å². The van der Waals surface area contributed by atoms with Gasteiger partial charge in [0.05, 0.1) is 24.0 Å². The molecule has 1 aliphatic rings. The largest absolute Gasteiger partial charge is 0.494 e. The number of hydrogen-bond acceptors (Lipinski definition) is 8. The molecule has 1 fully saturated rings. The van der Waals surface area contributed by atoms with Crippen LogP contribution in [0.25, 0.3) is 11.4 Å². The number of anilines is 3. The predicted molar refractivity (Wildman–Crippen MR) is 112 cm³/mol. The molecule has 3 aromatic rings. The number of hydrogen-bond donors (Lipinski definition) is 3. The first-order valence-electron chi connectivity index (χ1n) is 9.89. The zero-order valence-electron chi connectivity index (χ0n) is 18.0. The Morgan fingerprint density at radius 3 is 2.68 bits per heavy atom. The maximum atomic E-state index is 12.6. The number of carboxylic acids is 1. The van der Waals surface area contributed by atoms with Gasteiger partial charge < -0.3 is 20.5 Å². The van der Waals surface area contributed by atoms with Crippen LogP contribution in [0.3, 0.4) is 0 Å². The Balaban J connectivity index is 0.00000324. The smallest absolute Gasteiger partial charge is 0.358 e. The van der Waals surface area contributed by atoms with Crippen molar-refractivity contribution >= 4 is 29.1 Å². The average molecular weight is 525 g/mol. The number of nitrogens with one attached hydrogen (secondary N) is 2. The minimum Gasteiger partial charge on any atom is -0.494 e. The third-order valence-corrected chi connectivity index (χ3v) is 4.79. The normalized spacial score (nSPS) is 12.7. The van der Waals surface area contributed by atoms with Crippen LogP contribution < -0.4 is 15.4 Å². The van der Waals surface area contributed by atoms with Crippen LogP contribution in [-0.4, -0.2) is 55.5 Å². The fourth-order valence-electron chi connectivity index (χ4n) is 3.10. The van der Waals surface area contributed by atoms with Crippen LogP contribution in [0.2, 0.25) is 0 Å². The number of para-hydroxylation sites is 1. The topological polar surface area (TPSA) is 144 Å². The van der Waals surface area contributed by atoms with E-state index < -0.39 is 18.9 Å². The van der Waals surface area contributed by atoms with E-state index in [0.717, 1.165) is 17.5 Å². The first-order chi connectivity index (χ1) is 15.9. The fourth-order valence-corrected chi connectivity index (χ4v) is 3.10. The molecule has 0 radical (unpaired) electrons. The average Bonchev–Trinajstić information content (AvgIpc) is 3.53. The minimum atomic E-state index is -2.59. The van der Waals surface area contributed by atoms with Gasteiger partial charge in [0.1, 0.15) is 12.9 Å². The number of carbonyl (C=O) groups excluding carboxylic acids is 1. The molecular weight excluding hydrogens is 506 g/mol. The summed E-state index contributed by atoms with van der Waals surface area (Å²) in [6.07, 6.45) is 0.189. The van der Waals surface area contributed by atoms with Crippen molar-refractivity contribution in [2.45, 2.75) is 25.8 Å². The molecular formula is C20H19F2N7O4Zn. The molecule has 1 aromatic carbocycles. The molecule has 34 heavy (non-hydrogen) atoms. The van der Waals surface area contributed by atoms with Crippen molar-refractivity contribution in [1.82, 2.24) is 25.0 Å². The van der Waals surface area contributed by atoms with Crippen molar-refractivity contribution in [2.24, 2.45) is 5.92 Å².